The van der Waals surface area contributed by atoms with Crippen LogP contribution in [0.3, 0.4) is 0 Å². The number of carboxylic acids is 1. The number of hydrogen-bond acceptors (Lipinski definition) is 3. The lowest BCUT2D eigenvalue weighted by Gasteiger charge is -2.14. The quantitative estimate of drug-likeness (QED) is 0.739. The van der Waals surface area contributed by atoms with Crippen LogP contribution in [-0.4, -0.2) is 48.7 Å². The van der Waals surface area contributed by atoms with E-state index in [0.717, 1.165) is 13.1 Å². The predicted octanol–water partition coefficient (Wildman–Crippen LogP) is 2.22. The fraction of sp³-hybridized carbons (Fsp3) is 0.385. The van der Waals surface area contributed by atoms with Crippen LogP contribution in [-0.2, 0) is 0 Å². The van der Waals surface area contributed by atoms with E-state index in [1.54, 1.807) is 6.07 Å². The number of urea groups is 1. The monoisotopic (exact) mass is 343 g/mol. The Morgan fingerprint density at radius 1 is 1.35 bits per heavy atom. The lowest BCUT2D eigenvalue weighted by atomic mass is 10.2. The molecule has 7 heteroatoms. The molecular weight excluding hydrogens is 326 g/mol. The van der Waals surface area contributed by atoms with E-state index in [-0.39, 0.29) is 11.6 Å². The summed E-state index contributed by atoms with van der Waals surface area (Å²) < 4.78 is 0.596. The normalized spacial score (nSPS) is 10.4. The number of anilines is 1. The Morgan fingerprint density at radius 2 is 2.05 bits per heavy atom. The second-order valence-corrected chi connectivity index (χ2v) is 5.23. The highest BCUT2D eigenvalue weighted by Gasteiger charge is 2.08. The number of nitrogens with one attached hydrogen (secondary N) is 2. The van der Waals surface area contributed by atoms with Gasteiger partial charge >= 0.3 is 12.0 Å². The average Bonchev–Trinajstić information content (AvgIpc) is 2.37. The van der Waals surface area contributed by atoms with Crippen LogP contribution in [0.4, 0.5) is 10.5 Å². The molecule has 0 aromatic heterocycles. The summed E-state index contributed by atoms with van der Waals surface area (Å²) in [6, 6.07) is 4.17. The van der Waals surface area contributed by atoms with Gasteiger partial charge in [0.2, 0.25) is 0 Å². The Morgan fingerprint density at radius 3 is 2.65 bits per heavy atom. The van der Waals surface area contributed by atoms with E-state index in [4.69, 9.17) is 5.11 Å². The highest BCUT2D eigenvalue weighted by atomic mass is 79.9. The molecule has 2 amide bonds. The van der Waals surface area contributed by atoms with Crippen molar-refractivity contribution in [3.63, 3.8) is 0 Å². The number of likely N-dealkylation sites (N-methyl/N-ethyl adjacent to an activating group) is 1. The molecule has 0 saturated carbocycles. The SMILES string of the molecule is CCN(C)CCNC(=O)Nc1cc(Br)cc(C(=O)O)c1. The van der Waals surface area contributed by atoms with Crippen molar-refractivity contribution in [1.29, 1.82) is 0 Å². The van der Waals surface area contributed by atoms with Crippen molar-refractivity contribution < 1.29 is 14.7 Å². The second-order valence-electron chi connectivity index (χ2n) is 4.31. The zero-order valence-corrected chi connectivity index (χ0v) is 13.0. The summed E-state index contributed by atoms with van der Waals surface area (Å²) in [6.45, 7) is 4.23. The van der Waals surface area contributed by atoms with Crippen LogP contribution in [0.5, 0.6) is 0 Å². The lowest BCUT2D eigenvalue weighted by molar-refractivity contribution is 0.0697. The summed E-state index contributed by atoms with van der Waals surface area (Å²) >= 11 is 3.21. The molecule has 0 radical (unpaired) electrons. The van der Waals surface area contributed by atoms with Crippen LogP contribution in [0.25, 0.3) is 0 Å². The van der Waals surface area contributed by atoms with Gasteiger partial charge < -0.3 is 20.6 Å². The molecule has 0 atom stereocenters. The number of amides is 2. The number of carboxylic acid groups (broad SMARTS) is 1. The number of benzene rings is 1. The number of halogens is 1. The van der Waals surface area contributed by atoms with Gasteiger partial charge in [-0.2, -0.15) is 0 Å². The van der Waals surface area contributed by atoms with Gasteiger partial charge in [-0.05, 0) is 31.8 Å². The van der Waals surface area contributed by atoms with E-state index in [0.29, 0.717) is 16.7 Å². The molecule has 0 aliphatic rings. The number of nitrogens with zero attached hydrogens (tertiary/aromatic N) is 1. The van der Waals surface area contributed by atoms with E-state index in [1.807, 2.05) is 14.0 Å². The number of hydrogen-bond donors (Lipinski definition) is 3. The molecule has 20 heavy (non-hydrogen) atoms. The molecular formula is C13H18BrN3O3. The summed E-state index contributed by atoms with van der Waals surface area (Å²) in [6.07, 6.45) is 0. The maximum absolute atomic E-state index is 11.7. The van der Waals surface area contributed by atoms with Crippen LogP contribution >= 0.6 is 15.9 Å². The molecule has 1 aromatic rings. The average molecular weight is 344 g/mol. The Bertz CT molecular complexity index is 494. The van der Waals surface area contributed by atoms with Gasteiger partial charge in [-0.3, -0.25) is 0 Å². The molecule has 0 aliphatic heterocycles. The van der Waals surface area contributed by atoms with Crippen molar-refractivity contribution in [2.45, 2.75) is 6.92 Å². The summed E-state index contributed by atoms with van der Waals surface area (Å²) in [4.78, 5) is 24.7. The summed E-state index contributed by atoms with van der Waals surface area (Å²) in [5.74, 6) is -1.04. The summed E-state index contributed by atoms with van der Waals surface area (Å²) in [5, 5.41) is 14.3. The molecule has 0 heterocycles. The van der Waals surface area contributed by atoms with E-state index < -0.39 is 5.97 Å². The minimum absolute atomic E-state index is 0.111. The standard InChI is InChI=1S/C13H18BrN3O3/c1-3-17(2)5-4-15-13(20)16-11-7-9(12(18)19)6-10(14)8-11/h6-8H,3-5H2,1-2H3,(H,18,19)(H2,15,16,20). The number of rotatable bonds is 6. The molecule has 3 N–H and O–H groups in total. The summed E-state index contributed by atoms with van der Waals surface area (Å²) in [7, 11) is 1.97. The van der Waals surface area contributed by atoms with Crippen molar-refractivity contribution in [3.05, 3.63) is 28.2 Å². The Labute approximate surface area is 126 Å². The summed E-state index contributed by atoms with van der Waals surface area (Å²) in [5.41, 5.74) is 0.540. The first kappa shape index (κ1) is 16.5. The van der Waals surface area contributed by atoms with Crippen molar-refractivity contribution >= 4 is 33.6 Å². The fourth-order valence-electron chi connectivity index (χ4n) is 1.48. The van der Waals surface area contributed by atoms with E-state index >= 15 is 0 Å². The topological polar surface area (TPSA) is 81.7 Å². The maximum atomic E-state index is 11.7. The van der Waals surface area contributed by atoms with Crippen molar-refractivity contribution in [3.8, 4) is 0 Å². The second kappa shape index (κ2) is 7.86. The van der Waals surface area contributed by atoms with Gasteiger partial charge in [-0.25, -0.2) is 9.59 Å². The molecule has 0 saturated heterocycles. The minimum atomic E-state index is -1.04. The van der Waals surface area contributed by atoms with Crippen LogP contribution in [0.1, 0.15) is 17.3 Å². The molecule has 1 aromatic carbocycles. The minimum Gasteiger partial charge on any atom is -0.478 e. The van der Waals surface area contributed by atoms with E-state index in [2.05, 4.69) is 31.5 Å². The third kappa shape index (κ3) is 5.58. The zero-order valence-electron chi connectivity index (χ0n) is 11.4. The largest absolute Gasteiger partial charge is 0.478 e. The van der Waals surface area contributed by atoms with Crippen molar-refractivity contribution in [2.24, 2.45) is 0 Å². The predicted molar refractivity (Wildman–Crippen MR) is 81.3 cm³/mol. The molecule has 0 fully saturated rings. The number of aromatic carboxylic acids is 1. The highest BCUT2D eigenvalue weighted by Crippen LogP contribution is 2.19. The molecule has 0 aliphatic carbocycles. The number of carbonyl (C=O) groups is 2. The lowest BCUT2D eigenvalue weighted by Crippen LogP contribution is -2.35. The van der Waals surface area contributed by atoms with E-state index in [1.165, 1.54) is 12.1 Å². The number of carbonyl (C=O) groups excluding carboxylic acids is 1. The molecule has 0 bridgehead atoms. The van der Waals surface area contributed by atoms with Crippen molar-refractivity contribution in [2.75, 3.05) is 32.0 Å². The third-order valence-electron chi connectivity index (χ3n) is 2.72. The van der Waals surface area contributed by atoms with Crippen LogP contribution in [0, 0.1) is 0 Å². The van der Waals surface area contributed by atoms with Gasteiger partial charge in [0.25, 0.3) is 0 Å². The van der Waals surface area contributed by atoms with Crippen LogP contribution < -0.4 is 10.6 Å². The van der Waals surface area contributed by atoms with Crippen LogP contribution in [0.2, 0.25) is 0 Å². The highest BCUT2D eigenvalue weighted by molar-refractivity contribution is 9.10. The van der Waals surface area contributed by atoms with Crippen molar-refractivity contribution in [1.82, 2.24) is 10.2 Å². The zero-order chi connectivity index (χ0) is 15.1. The first-order valence-electron chi connectivity index (χ1n) is 6.19. The molecule has 0 unspecified atom stereocenters. The fourth-order valence-corrected chi connectivity index (χ4v) is 1.97. The van der Waals surface area contributed by atoms with E-state index in [9.17, 15) is 9.59 Å². The first-order valence-corrected chi connectivity index (χ1v) is 6.99. The van der Waals surface area contributed by atoms with Crippen LogP contribution in [0.15, 0.2) is 22.7 Å². The van der Waals surface area contributed by atoms with Gasteiger partial charge in [0.05, 0.1) is 5.56 Å². The molecule has 110 valence electrons. The third-order valence-corrected chi connectivity index (χ3v) is 3.18. The van der Waals surface area contributed by atoms with Gasteiger partial charge in [0, 0.05) is 23.2 Å². The Kier molecular flexibility index (Phi) is 6.47. The Balaban J connectivity index is 2.55. The Hall–Kier alpha value is -1.60. The molecule has 0 spiro atoms. The maximum Gasteiger partial charge on any atom is 0.335 e. The van der Waals surface area contributed by atoms with Gasteiger partial charge in [-0.15, -0.1) is 0 Å². The first-order chi connectivity index (χ1) is 9.42. The smallest absolute Gasteiger partial charge is 0.335 e. The van der Waals surface area contributed by atoms with Gasteiger partial charge in [-0.1, -0.05) is 22.9 Å². The molecule has 6 nitrogen and oxygen atoms in total. The van der Waals surface area contributed by atoms with Gasteiger partial charge in [0.15, 0.2) is 0 Å². The van der Waals surface area contributed by atoms with Gasteiger partial charge in [0.1, 0.15) is 0 Å². The molecule has 1 rings (SSSR count).